The number of allylic oxidation sites excluding steroid dienone is 1. The third-order valence-electron chi connectivity index (χ3n) is 6.06. The van der Waals surface area contributed by atoms with Crippen molar-refractivity contribution in [3.05, 3.63) is 53.1 Å². The summed E-state index contributed by atoms with van der Waals surface area (Å²) in [7, 11) is 0. The largest absolute Gasteiger partial charge is 0.485 e. The molecule has 2 heterocycles. The summed E-state index contributed by atoms with van der Waals surface area (Å²) in [5.74, 6) is -1.42. The van der Waals surface area contributed by atoms with Crippen LogP contribution in [0.1, 0.15) is 45.3 Å². The third-order valence-corrected chi connectivity index (χ3v) is 6.46. The van der Waals surface area contributed by atoms with Crippen molar-refractivity contribution in [2.75, 3.05) is 6.61 Å². The monoisotopic (exact) mass is 590 g/mol. The highest BCUT2D eigenvalue weighted by Crippen LogP contribution is 2.33. The lowest BCUT2D eigenvalue weighted by molar-refractivity contribution is -0.239. The van der Waals surface area contributed by atoms with E-state index >= 15 is 0 Å². The van der Waals surface area contributed by atoms with Gasteiger partial charge in [0.15, 0.2) is 24.3 Å². The molecule has 0 radical (unpaired) electrons. The van der Waals surface area contributed by atoms with Gasteiger partial charge in [0.2, 0.25) is 10.7 Å². The van der Waals surface area contributed by atoms with Gasteiger partial charge < -0.3 is 29.0 Å². The number of hydrogen-bond acceptors (Lipinski definition) is 11. The maximum absolute atomic E-state index is 12.3. The number of carbonyl (C=O) groups is 4. The Bertz CT molecular complexity index is 1350. The van der Waals surface area contributed by atoms with Crippen LogP contribution in [0.25, 0.3) is 0 Å². The lowest BCUT2D eigenvalue weighted by atomic mass is 9.95. The van der Waals surface area contributed by atoms with Crippen molar-refractivity contribution in [1.82, 2.24) is 19.7 Å². The second-order valence-corrected chi connectivity index (χ2v) is 9.70. The molecule has 0 saturated carbocycles. The number of esters is 3. The molecular weight excluding hydrogens is 556 g/mol. The van der Waals surface area contributed by atoms with E-state index in [9.17, 15) is 19.2 Å². The van der Waals surface area contributed by atoms with Crippen molar-refractivity contribution in [2.45, 2.75) is 78.4 Å². The minimum atomic E-state index is -1.25. The average Bonchev–Trinajstić information content (AvgIpc) is 3.19. The number of nitrogens with zero attached hydrogens (tertiary/aromatic N) is 3. The van der Waals surface area contributed by atoms with Crippen LogP contribution in [-0.2, 0) is 51.3 Å². The molecule has 1 aromatic carbocycles. The minimum absolute atomic E-state index is 0.0349. The molecule has 0 bridgehead atoms. The number of para-hydroxylation sites is 1. The van der Waals surface area contributed by atoms with E-state index in [0.717, 1.165) is 5.56 Å². The van der Waals surface area contributed by atoms with Gasteiger partial charge in [0.25, 0.3) is 0 Å². The van der Waals surface area contributed by atoms with E-state index < -0.39 is 54.4 Å². The van der Waals surface area contributed by atoms with Crippen LogP contribution in [0.5, 0.6) is 5.75 Å². The van der Waals surface area contributed by atoms with Crippen molar-refractivity contribution in [2.24, 2.45) is 0 Å². The Hall–Kier alpha value is -4.04. The summed E-state index contributed by atoms with van der Waals surface area (Å²) < 4.78 is 31.7. The van der Waals surface area contributed by atoms with Gasteiger partial charge in [0.1, 0.15) is 31.1 Å². The fourth-order valence-corrected chi connectivity index (χ4v) is 4.74. The van der Waals surface area contributed by atoms with E-state index in [1.807, 2.05) is 31.2 Å². The first kappa shape index (κ1) is 31.5. The molecule has 1 N–H and O–H groups in total. The number of amides is 1. The van der Waals surface area contributed by atoms with Crippen molar-refractivity contribution >= 4 is 36.0 Å². The highest BCUT2D eigenvalue weighted by atomic mass is 32.1. The molecule has 0 unspecified atom stereocenters. The van der Waals surface area contributed by atoms with Crippen LogP contribution in [0.15, 0.2) is 36.9 Å². The summed E-state index contributed by atoms with van der Waals surface area (Å²) in [5.41, 5.74) is 0.927. The summed E-state index contributed by atoms with van der Waals surface area (Å²) in [6.45, 7) is 10.5. The van der Waals surface area contributed by atoms with Gasteiger partial charge in [0, 0.05) is 34.2 Å². The molecule has 1 fully saturated rings. The fraction of sp³-hybridized carbons (Fsp3) is 0.481. The van der Waals surface area contributed by atoms with E-state index in [2.05, 4.69) is 17.0 Å². The van der Waals surface area contributed by atoms with Crippen molar-refractivity contribution in [1.29, 1.82) is 0 Å². The predicted molar refractivity (Wildman–Crippen MR) is 146 cm³/mol. The smallest absolute Gasteiger partial charge is 0.303 e. The molecule has 1 aliphatic heterocycles. The Morgan fingerprint density at radius 1 is 1.07 bits per heavy atom. The normalized spacial score (nSPS) is 21.8. The second-order valence-electron chi connectivity index (χ2n) is 9.34. The van der Waals surface area contributed by atoms with Crippen molar-refractivity contribution < 1.29 is 42.9 Å². The number of aromatic nitrogens is 3. The van der Waals surface area contributed by atoms with Crippen molar-refractivity contribution in [3.8, 4) is 5.75 Å². The molecule has 1 saturated heterocycles. The fourth-order valence-electron chi connectivity index (χ4n) is 4.42. The number of carbonyl (C=O) groups excluding carboxylic acids is 4. The Morgan fingerprint density at radius 2 is 1.73 bits per heavy atom. The summed E-state index contributed by atoms with van der Waals surface area (Å²) in [5, 5.41) is 7.37. The zero-order chi connectivity index (χ0) is 30.3. The van der Waals surface area contributed by atoms with E-state index in [1.54, 1.807) is 10.6 Å². The van der Waals surface area contributed by atoms with Crippen LogP contribution in [0.4, 0.5) is 0 Å². The first-order valence-electron chi connectivity index (χ1n) is 12.8. The third kappa shape index (κ3) is 8.01. The lowest BCUT2D eigenvalue weighted by Crippen LogP contribution is -2.64. The van der Waals surface area contributed by atoms with Crippen LogP contribution in [0, 0.1) is 11.7 Å². The number of aryl methyl sites for hydroxylation is 1. The Morgan fingerprint density at radius 3 is 2.32 bits per heavy atom. The molecule has 41 heavy (non-hydrogen) atoms. The molecule has 2 aromatic rings. The maximum Gasteiger partial charge on any atom is 0.303 e. The summed E-state index contributed by atoms with van der Waals surface area (Å²) in [6, 6.07) is 6.37. The van der Waals surface area contributed by atoms with Crippen LogP contribution < -0.4 is 10.1 Å². The molecule has 0 aliphatic carbocycles. The average molecular weight is 591 g/mol. The van der Waals surface area contributed by atoms with E-state index in [-0.39, 0.29) is 24.5 Å². The standard InChI is InChI=1S/C27H34N4O9S/c1-7-12-30-22(14-37-20-11-9-8-10-15(20)2)29-31(27(30)41)26-23(28-16(3)32)25(39-19(6)35)24(38-18(5)34)21(40-26)13-36-17(4)33/h7-11,21,23-26H,1,12-14H2,2-6H3,(H,28,32)/t21-,23-,24-,25-,26-/m1/s1. The van der Waals surface area contributed by atoms with Crippen LogP contribution in [0.3, 0.4) is 0 Å². The Kier molecular flexibility index (Phi) is 10.8. The van der Waals surface area contributed by atoms with Gasteiger partial charge in [-0.2, -0.15) is 5.10 Å². The first-order chi connectivity index (χ1) is 19.4. The number of hydrogen-bond donors (Lipinski definition) is 1. The minimum Gasteiger partial charge on any atom is -0.485 e. The molecule has 1 amide bonds. The number of ether oxygens (including phenoxy) is 5. The Labute approximate surface area is 242 Å². The van der Waals surface area contributed by atoms with Crippen LogP contribution in [0.2, 0.25) is 0 Å². The maximum atomic E-state index is 12.3. The van der Waals surface area contributed by atoms with E-state index in [0.29, 0.717) is 11.6 Å². The summed E-state index contributed by atoms with van der Waals surface area (Å²) in [4.78, 5) is 48.1. The molecule has 0 spiro atoms. The van der Waals surface area contributed by atoms with Gasteiger partial charge in [-0.05, 0) is 30.8 Å². The number of benzene rings is 1. The van der Waals surface area contributed by atoms with Gasteiger partial charge >= 0.3 is 17.9 Å². The molecule has 1 aliphatic rings. The zero-order valence-electron chi connectivity index (χ0n) is 23.5. The van der Waals surface area contributed by atoms with Gasteiger partial charge in [-0.1, -0.05) is 24.3 Å². The summed E-state index contributed by atoms with van der Waals surface area (Å²) in [6.07, 6.45) is -3.14. The van der Waals surface area contributed by atoms with Crippen molar-refractivity contribution in [3.63, 3.8) is 0 Å². The van der Waals surface area contributed by atoms with E-state index in [4.69, 9.17) is 35.9 Å². The lowest BCUT2D eigenvalue weighted by Gasteiger charge is -2.45. The first-order valence-corrected chi connectivity index (χ1v) is 13.2. The van der Waals surface area contributed by atoms with Crippen LogP contribution >= 0.6 is 12.2 Å². The SMILES string of the molecule is C=CCn1c(COc2ccccc2C)nn([C@@H]2O[C@H](COC(C)=O)[C@@H](OC(C)=O)[C@H](OC(C)=O)[C@H]2NC(C)=O)c1=S. The molecule has 13 nitrogen and oxygen atoms in total. The molecule has 3 rings (SSSR count). The molecule has 222 valence electrons. The topological polar surface area (TPSA) is 149 Å². The number of nitrogens with one attached hydrogen (secondary N) is 1. The predicted octanol–water partition coefficient (Wildman–Crippen LogP) is 2.32. The zero-order valence-corrected chi connectivity index (χ0v) is 24.3. The Balaban J connectivity index is 2.11. The van der Waals surface area contributed by atoms with Gasteiger partial charge in [-0.25, -0.2) is 4.68 Å². The highest BCUT2D eigenvalue weighted by Gasteiger charge is 2.52. The summed E-state index contributed by atoms with van der Waals surface area (Å²) >= 11 is 5.74. The molecule has 14 heteroatoms. The quantitative estimate of drug-likeness (QED) is 0.178. The molecule has 1 aromatic heterocycles. The molecular formula is C27H34N4O9S. The molecule has 5 atom stereocenters. The van der Waals surface area contributed by atoms with E-state index in [1.165, 1.54) is 32.4 Å². The van der Waals surface area contributed by atoms with Crippen LogP contribution in [-0.4, -0.2) is 69.1 Å². The van der Waals surface area contributed by atoms with Gasteiger partial charge in [-0.15, -0.1) is 6.58 Å². The second kappa shape index (κ2) is 14.0. The highest BCUT2D eigenvalue weighted by molar-refractivity contribution is 7.71. The van der Waals surface area contributed by atoms with Gasteiger partial charge in [-0.3, -0.25) is 23.7 Å². The van der Waals surface area contributed by atoms with Gasteiger partial charge in [0.05, 0.1) is 0 Å². The number of rotatable bonds is 11.